The number of nitrogens with one attached hydrogen (secondary N) is 1. The van der Waals surface area contributed by atoms with E-state index in [1.165, 1.54) is 42.9 Å². The van der Waals surface area contributed by atoms with Crippen molar-refractivity contribution in [3.8, 4) is 0 Å². The predicted molar refractivity (Wildman–Crippen MR) is 131 cm³/mol. The molecule has 2 fully saturated rings. The lowest BCUT2D eigenvalue weighted by molar-refractivity contribution is -0.136. The number of allylic oxidation sites excluding steroid dienone is 1. The zero-order valence-electron chi connectivity index (χ0n) is 19.1. The molecule has 1 N–H and O–H groups in total. The van der Waals surface area contributed by atoms with Crippen LogP contribution in [-0.4, -0.2) is 55.0 Å². The normalized spacial score (nSPS) is 26.9. The maximum atomic E-state index is 13.8. The zero-order valence-corrected chi connectivity index (χ0v) is 21.5. The minimum absolute atomic E-state index is 0.133. The van der Waals surface area contributed by atoms with E-state index < -0.39 is 27.9 Å². The van der Waals surface area contributed by atoms with Gasteiger partial charge in [-0.05, 0) is 37.8 Å². The van der Waals surface area contributed by atoms with E-state index >= 15 is 0 Å². The van der Waals surface area contributed by atoms with Crippen molar-refractivity contribution in [3.63, 3.8) is 0 Å². The van der Waals surface area contributed by atoms with Gasteiger partial charge >= 0.3 is 5.97 Å². The first kappa shape index (κ1) is 24.4. The Morgan fingerprint density at radius 3 is 2.57 bits per heavy atom. The summed E-state index contributed by atoms with van der Waals surface area (Å²) < 4.78 is 45.4. The monoisotopic (exact) mass is 538 g/mol. The maximum Gasteiger partial charge on any atom is 0.338 e. The number of aromatic nitrogens is 1. The van der Waals surface area contributed by atoms with Crippen LogP contribution in [0.25, 0.3) is 0 Å². The van der Waals surface area contributed by atoms with Gasteiger partial charge in [-0.2, -0.15) is 4.31 Å². The molecule has 35 heavy (non-hydrogen) atoms. The van der Waals surface area contributed by atoms with E-state index in [2.05, 4.69) is 10.3 Å². The van der Waals surface area contributed by atoms with Gasteiger partial charge in [0.2, 0.25) is 10.0 Å². The Morgan fingerprint density at radius 2 is 2.00 bits per heavy atom. The van der Waals surface area contributed by atoms with Crippen LogP contribution >= 0.6 is 22.9 Å². The fourth-order valence-corrected chi connectivity index (χ4v) is 7.85. The number of piperidine rings is 1. The summed E-state index contributed by atoms with van der Waals surface area (Å²) in [4.78, 5) is 22.3. The summed E-state index contributed by atoms with van der Waals surface area (Å²) in [6.45, 7) is 0. The van der Waals surface area contributed by atoms with Crippen molar-refractivity contribution >= 4 is 44.8 Å². The van der Waals surface area contributed by atoms with E-state index in [0.29, 0.717) is 40.5 Å². The Hall–Kier alpha value is -2.34. The van der Waals surface area contributed by atoms with Gasteiger partial charge in [0, 0.05) is 45.9 Å². The van der Waals surface area contributed by atoms with E-state index in [0.717, 1.165) is 12.8 Å². The first-order valence-corrected chi connectivity index (χ1v) is 14.3. The molecule has 0 amide bonds. The van der Waals surface area contributed by atoms with Gasteiger partial charge in [0.25, 0.3) is 0 Å². The van der Waals surface area contributed by atoms with Crippen LogP contribution in [-0.2, 0) is 19.6 Å². The van der Waals surface area contributed by atoms with Crippen molar-refractivity contribution in [2.75, 3.05) is 13.4 Å². The van der Waals surface area contributed by atoms with Crippen molar-refractivity contribution in [2.24, 2.45) is 10.9 Å². The van der Waals surface area contributed by atoms with E-state index in [-0.39, 0.29) is 23.0 Å². The summed E-state index contributed by atoms with van der Waals surface area (Å²) in [5.41, 5.74) is 1.39. The molecule has 0 spiro atoms. The molecule has 0 aliphatic carbocycles. The molecular weight excluding hydrogens is 515 g/mol. The van der Waals surface area contributed by atoms with Gasteiger partial charge < -0.3 is 10.1 Å². The van der Waals surface area contributed by atoms with Crippen LogP contribution < -0.4 is 5.32 Å². The molecule has 5 rings (SSSR count). The summed E-state index contributed by atoms with van der Waals surface area (Å²) >= 11 is 7.81. The van der Waals surface area contributed by atoms with Crippen molar-refractivity contribution in [1.29, 1.82) is 0 Å². The van der Waals surface area contributed by atoms with E-state index in [4.69, 9.17) is 21.3 Å². The second-order valence-corrected chi connectivity index (χ2v) is 12.2. The molecule has 3 aliphatic rings. The topological polar surface area (TPSA) is 101 Å². The number of esters is 1. The summed E-state index contributed by atoms with van der Waals surface area (Å²) in [6.07, 6.45) is 5.57. The number of fused-ring (bicyclic) bond motifs is 2. The molecule has 3 aliphatic heterocycles. The predicted octanol–water partition coefficient (Wildman–Crippen LogP) is 3.66. The number of methoxy groups -OCH3 is 1. The van der Waals surface area contributed by atoms with Crippen LogP contribution in [0.1, 0.15) is 42.3 Å². The molecule has 12 heteroatoms. The number of hydrogen-bond donors (Lipinski definition) is 1. The van der Waals surface area contributed by atoms with Crippen LogP contribution in [0.2, 0.25) is 5.02 Å². The minimum Gasteiger partial charge on any atom is -0.466 e. The molecule has 1 aromatic carbocycles. The van der Waals surface area contributed by atoms with Crippen molar-refractivity contribution in [3.05, 3.63) is 62.5 Å². The number of sulfonamides is 1. The number of carbonyl (C=O) groups excluding carboxylic acids is 1. The van der Waals surface area contributed by atoms with E-state index in [1.54, 1.807) is 10.5 Å². The molecule has 3 atom stereocenters. The number of carbonyl (C=O) groups is 1. The molecule has 2 aromatic rings. The maximum absolute atomic E-state index is 13.8. The molecule has 2 bridgehead atoms. The molecule has 2 saturated heterocycles. The Balaban J connectivity index is 1.63. The molecule has 0 radical (unpaired) electrons. The highest BCUT2D eigenvalue weighted by atomic mass is 35.5. The summed E-state index contributed by atoms with van der Waals surface area (Å²) in [5.74, 6) is -0.721. The van der Waals surface area contributed by atoms with Crippen molar-refractivity contribution < 1.29 is 22.3 Å². The molecular formula is C23H24ClFN4O4S2. The Kier molecular flexibility index (Phi) is 6.45. The van der Waals surface area contributed by atoms with Gasteiger partial charge in [0.1, 0.15) is 11.9 Å². The number of thiazole rings is 1. The van der Waals surface area contributed by atoms with Crippen LogP contribution in [0.3, 0.4) is 0 Å². The number of rotatable bonds is 5. The smallest absolute Gasteiger partial charge is 0.338 e. The lowest BCUT2D eigenvalue weighted by atomic mass is 9.83. The largest absolute Gasteiger partial charge is 0.466 e. The fraction of sp³-hybridized carbons (Fsp3) is 0.435. The second kappa shape index (κ2) is 9.27. The van der Waals surface area contributed by atoms with Gasteiger partial charge in [-0.25, -0.2) is 22.6 Å². The first-order valence-electron chi connectivity index (χ1n) is 11.2. The molecule has 0 saturated carbocycles. The average molecular weight is 539 g/mol. The zero-order chi connectivity index (χ0) is 24.9. The highest BCUT2D eigenvalue weighted by molar-refractivity contribution is 7.88. The highest BCUT2D eigenvalue weighted by Gasteiger charge is 2.48. The van der Waals surface area contributed by atoms with Crippen LogP contribution in [0.15, 0.2) is 46.0 Å². The Morgan fingerprint density at radius 1 is 1.29 bits per heavy atom. The van der Waals surface area contributed by atoms with Gasteiger partial charge in [-0.1, -0.05) is 17.7 Å². The molecule has 1 aromatic heterocycles. The first-order chi connectivity index (χ1) is 16.7. The lowest BCUT2D eigenvalue weighted by Gasteiger charge is -2.40. The summed E-state index contributed by atoms with van der Waals surface area (Å²) in [7, 11) is -2.04. The standard InChI is InChI=1S/C23H24ClFN4O4S2/c1-33-23(30)18-19(12-9-14-4-5-15(10-12)29(14)35(2,31)32)27-21(22-26-7-8-34-22)28-20(18)16-6-3-13(25)11-17(16)24/h3,6-8,11-12,14-15,20H,4-5,9-10H2,1-2H3,(H,27,28). The van der Waals surface area contributed by atoms with Crippen molar-refractivity contribution in [1.82, 2.24) is 14.6 Å². The number of aliphatic imine (C=N–C) groups is 1. The summed E-state index contributed by atoms with van der Waals surface area (Å²) in [6, 6.07) is 2.87. The summed E-state index contributed by atoms with van der Waals surface area (Å²) in [5, 5.41) is 5.93. The Bertz CT molecular complexity index is 1310. The number of hydrogen-bond acceptors (Lipinski definition) is 8. The molecule has 3 unspecified atom stereocenters. The van der Waals surface area contributed by atoms with Crippen LogP contribution in [0.4, 0.5) is 4.39 Å². The third-order valence-electron chi connectivity index (χ3n) is 6.83. The van der Waals surface area contributed by atoms with E-state index in [1.807, 2.05) is 5.38 Å². The SMILES string of the molecule is COC(=O)C1=C(C2CC3CCC(C2)N3S(C)(=O)=O)NC(c2nccs2)=NC1c1ccc(F)cc1Cl. The lowest BCUT2D eigenvalue weighted by Crippen LogP contribution is -2.48. The number of halogens is 2. The van der Waals surface area contributed by atoms with E-state index in [9.17, 15) is 17.6 Å². The third kappa shape index (κ3) is 4.50. The third-order valence-corrected chi connectivity index (χ3v) is 9.30. The highest BCUT2D eigenvalue weighted by Crippen LogP contribution is 2.46. The number of amidine groups is 1. The van der Waals surface area contributed by atoms with Gasteiger partial charge in [-0.15, -0.1) is 11.3 Å². The van der Waals surface area contributed by atoms with Crippen molar-refractivity contribution in [2.45, 2.75) is 43.8 Å². The number of nitrogens with zero attached hydrogens (tertiary/aromatic N) is 3. The Labute approximate surface area is 211 Å². The average Bonchev–Trinajstić information content (AvgIpc) is 3.44. The molecule has 186 valence electrons. The minimum atomic E-state index is -3.34. The molecule has 8 nitrogen and oxygen atoms in total. The van der Waals surface area contributed by atoms with Crippen LogP contribution in [0.5, 0.6) is 0 Å². The number of benzene rings is 1. The van der Waals surface area contributed by atoms with Gasteiger partial charge in [-0.3, -0.25) is 4.99 Å². The van der Waals surface area contributed by atoms with Gasteiger partial charge in [0.05, 0.1) is 18.9 Å². The number of ether oxygens (including phenoxy) is 1. The van der Waals surface area contributed by atoms with Gasteiger partial charge in [0.15, 0.2) is 10.8 Å². The van der Waals surface area contributed by atoms with Crippen LogP contribution in [0, 0.1) is 11.7 Å². The fourth-order valence-electron chi connectivity index (χ4n) is 5.53. The second-order valence-electron chi connectivity index (χ2n) is 8.97. The quantitative estimate of drug-likeness (QED) is 0.583. The molecule has 4 heterocycles.